The van der Waals surface area contributed by atoms with Gasteiger partial charge in [-0.15, -0.1) is 0 Å². The molecule has 88 valence electrons. The number of amides is 1. The summed E-state index contributed by atoms with van der Waals surface area (Å²) in [4.78, 5) is 16.6. The van der Waals surface area contributed by atoms with Crippen LogP contribution in [0.15, 0.2) is 17.0 Å². The molecule has 1 amide bonds. The summed E-state index contributed by atoms with van der Waals surface area (Å²) in [5, 5.41) is -0.829. The summed E-state index contributed by atoms with van der Waals surface area (Å²) in [5.74, 6) is 0.270. The Bertz CT molecular complexity index is 484. The van der Waals surface area contributed by atoms with E-state index in [1.165, 1.54) is 17.5 Å². The van der Waals surface area contributed by atoms with Gasteiger partial charge < -0.3 is 9.32 Å². The molecule has 1 atom stereocenters. The lowest BCUT2D eigenvalue weighted by Crippen LogP contribution is -2.26. The molecule has 8 heteroatoms. The molecule has 0 aliphatic carbocycles. The average Bonchev–Trinajstić information content (AvgIpc) is 2.76. The van der Waals surface area contributed by atoms with Crippen LogP contribution in [-0.4, -0.2) is 36.0 Å². The maximum atomic E-state index is 11.5. The summed E-state index contributed by atoms with van der Waals surface area (Å²) in [6.07, 6.45) is 2.67. The molecule has 2 heterocycles. The van der Waals surface area contributed by atoms with Crippen molar-refractivity contribution in [3.05, 3.63) is 18.4 Å². The number of rotatable bonds is 3. The lowest BCUT2D eigenvalue weighted by molar-refractivity contribution is -0.128. The lowest BCUT2D eigenvalue weighted by Gasteiger charge is -2.13. The highest BCUT2D eigenvalue weighted by Crippen LogP contribution is 2.22. The van der Waals surface area contributed by atoms with Gasteiger partial charge in [-0.25, -0.2) is 13.4 Å². The number of carbonyl (C=O) groups excluding carboxylic acids is 1. The molecule has 6 nitrogen and oxygen atoms in total. The molecular weight excluding hydrogens is 256 g/mol. The molecule has 1 aliphatic heterocycles. The molecule has 1 unspecified atom stereocenters. The van der Waals surface area contributed by atoms with E-state index in [0.29, 0.717) is 5.76 Å². The fourth-order valence-corrected chi connectivity index (χ4v) is 2.64. The molecule has 16 heavy (non-hydrogen) atoms. The summed E-state index contributed by atoms with van der Waals surface area (Å²) in [6.45, 7) is 0.326. The molecule has 0 bridgehead atoms. The van der Waals surface area contributed by atoms with E-state index in [9.17, 15) is 13.2 Å². The van der Waals surface area contributed by atoms with Crippen LogP contribution >= 0.6 is 10.7 Å². The van der Waals surface area contributed by atoms with Gasteiger partial charge in [-0.1, -0.05) is 0 Å². The third-order valence-corrected chi connectivity index (χ3v) is 4.28. The van der Waals surface area contributed by atoms with Gasteiger partial charge in [0.2, 0.25) is 15.0 Å². The third kappa shape index (κ3) is 2.35. The minimum Gasteiger partial charge on any atom is -0.447 e. The minimum absolute atomic E-state index is 0.0695. The van der Waals surface area contributed by atoms with Crippen LogP contribution in [0.5, 0.6) is 0 Å². The zero-order valence-corrected chi connectivity index (χ0v) is 9.74. The summed E-state index contributed by atoms with van der Waals surface area (Å²) in [7, 11) is 1.53. The monoisotopic (exact) mass is 264 g/mol. The Balaban J connectivity index is 2.06. The highest BCUT2D eigenvalue weighted by atomic mass is 35.7. The van der Waals surface area contributed by atoms with Crippen molar-refractivity contribution in [2.24, 2.45) is 0 Å². The van der Waals surface area contributed by atoms with Crippen molar-refractivity contribution in [3.63, 3.8) is 0 Å². The maximum Gasteiger partial charge on any atom is 0.237 e. The molecule has 1 aromatic rings. The second-order valence-electron chi connectivity index (χ2n) is 3.54. The van der Waals surface area contributed by atoms with Crippen molar-refractivity contribution in [3.8, 4) is 0 Å². The number of hydrogen-bond donors (Lipinski definition) is 0. The van der Waals surface area contributed by atoms with Crippen LogP contribution in [0.4, 0.5) is 0 Å². The fourth-order valence-electron chi connectivity index (χ4n) is 1.59. The van der Waals surface area contributed by atoms with Crippen molar-refractivity contribution in [1.29, 1.82) is 0 Å². The third-order valence-electron chi connectivity index (χ3n) is 2.41. The highest BCUT2D eigenvalue weighted by molar-refractivity contribution is 8.14. The summed E-state index contributed by atoms with van der Waals surface area (Å²) in [6, 6.07) is 0. The topological polar surface area (TPSA) is 80.5 Å². The Kier molecular flexibility index (Phi) is 2.90. The van der Waals surface area contributed by atoms with Crippen LogP contribution < -0.4 is 0 Å². The van der Waals surface area contributed by atoms with Gasteiger partial charge >= 0.3 is 0 Å². The van der Waals surface area contributed by atoms with Crippen LogP contribution in [0.2, 0.25) is 0 Å². The molecular formula is C8H9ClN2O4S. The molecule has 1 aromatic heterocycles. The Morgan fingerprint density at radius 1 is 1.62 bits per heavy atom. The first kappa shape index (κ1) is 11.4. The van der Waals surface area contributed by atoms with Gasteiger partial charge in [0.1, 0.15) is 11.0 Å². The van der Waals surface area contributed by atoms with E-state index >= 15 is 0 Å². The smallest absolute Gasteiger partial charge is 0.237 e. The zero-order chi connectivity index (χ0) is 11.8. The molecule has 0 radical (unpaired) electrons. The Labute approximate surface area is 96.6 Å². The van der Waals surface area contributed by atoms with Gasteiger partial charge in [-0.2, -0.15) is 0 Å². The first-order chi connectivity index (χ1) is 7.47. The van der Waals surface area contributed by atoms with E-state index < -0.39 is 14.3 Å². The molecule has 0 saturated carbocycles. The Morgan fingerprint density at radius 3 is 2.88 bits per heavy atom. The molecule has 1 aliphatic rings. The van der Waals surface area contributed by atoms with E-state index in [0.717, 1.165) is 0 Å². The number of hydrogen-bond acceptors (Lipinski definition) is 5. The molecule has 0 spiro atoms. The van der Waals surface area contributed by atoms with E-state index in [1.54, 1.807) is 0 Å². The van der Waals surface area contributed by atoms with Gasteiger partial charge in [0.05, 0.1) is 12.7 Å². The SMILES string of the molecule is O=C1CC(S(=O)(=O)Cl)CN1Cc1cnco1. The second kappa shape index (κ2) is 4.06. The maximum absolute atomic E-state index is 11.5. The van der Waals surface area contributed by atoms with Gasteiger partial charge in [0.25, 0.3) is 0 Å². The van der Waals surface area contributed by atoms with E-state index in [2.05, 4.69) is 4.98 Å². The van der Waals surface area contributed by atoms with Crippen LogP contribution in [0.3, 0.4) is 0 Å². The van der Waals surface area contributed by atoms with Crippen molar-refractivity contribution in [1.82, 2.24) is 9.88 Å². The van der Waals surface area contributed by atoms with Crippen LogP contribution in [0.25, 0.3) is 0 Å². The lowest BCUT2D eigenvalue weighted by atomic mass is 10.4. The van der Waals surface area contributed by atoms with Gasteiger partial charge in [-0.05, 0) is 0 Å². The fraction of sp³-hybridized carbons (Fsp3) is 0.500. The largest absolute Gasteiger partial charge is 0.447 e. The zero-order valence-electron chi connectivity index (χ0n) is 8.17. The first-order valence-electron chi connectivity index (χ1n) is 4.55. The van der Waals surface area contributed by atoms with Crippen molar-refractivity contribution in [2.45, 2.75) is 18.2 Å². The number of aromatic nitrogens is 1. The molecule has 0 N–H and O–H groups in total. The van der Waals surface area contributed by atoms with Crippen molar-refractivity contribution < 1.29 is 17.6 Å². The summed E-state index contributed by atoms with van der Waals surface area (Å²) in [5.41, 5.74) is 0. The molecule has 1 fully saturated rings. The van der Waals surface area contributed by atoms with Crippen LogP contribution in [0.1, 0.15) is 12.2 Å². The number of carbonyl (C=O) groups is 1. The summed E-state index contributed by atoms with van der Waals surface area (Å²) < 4.78 is 27.1. The van der Waals surface area contributed by atoms with Gasteiger partial charge in [0.15, 0.2) is 6.39 Å². The normalized spacial score (nSPS) is 21.7. The van der Waals surface area contributed by atoms with Crippen molar-refractivity contribution in [2.75, 3.05) is 6.54 Å². The standard InChI is InChI=1S/C8H9ClN2O4S/c9-16(13,14)7-1-8(12)11(4-7)3-6-2-10-5-15-6/h2,5,7H,1,3-4H2. The first-order valence-corrected chi connectivity index (χ1v) is 6.92. The predicted molar refractivity (Wildman–Crippen MR) is 55.1 cm³/mol. The Hall–Kier alpha value is -1.08. The van der Waals surface area contributed by atoms with E-state index in [4.69, 9.17) is 15.1 Å². The molecule has 0 aromatic carbocycles. The highest BCUT2D eigenvalue weighted by Gasteiger charge is 2.37. The van der Waals surface area contributed by atoms with Crippen LogP contribution in [0, 0.1) is 0 Å². The van der Waals surface area contributed by atoms with E-state index in [-0.39, 0.29) is 25.4 Å². The van der Waals surface area contributed by atoms with Gasteiger partial charge in [0, 0.05) is 23.6 Å². The number of halogens is 1. The van der Waals surface area contributed by atoms with E-state index in [1.807, 2.05) is 0 Å². The average molecular weight is 265 g/mol. The molecule has 1 saturated heterocycles. The minimum atomic E-state index is -3.68. The molecule has 2 rings (SSSR count). The summed E-state index contributed by atoms with van der Waals surface area (Å²) >= 11 is 0. The van der Waals surface area contributed by atoms with Crippen LogP contribution in [-0.2, 0) is 20.4 Å². The predicted octanol–water partition coefficient (Wildman–Crippen LogP) is 0.344. The number of nitrogens with zero attached hydrogens (tertiary/aromatic N) is 2. The Morgan fingerprint density at radius 2 is 2.38 bits per heavy atom. The van der Waals surface area contributed by atoms with Gasteiger partial charge in [-0.3, -0.25) is 4.79 Å². The quantitative estimate of drug-likeness (QED) is 0.736. The number of likely N-dealkylation sites (tertiary alicyclic amines) is 1. The second-order valence-corrected chi connectivity index (χ2v) is 6.45. The number of oxazole rings is 1. The van der Waals surface area contributed by atoms with Crippen molar-refractivity contribution >= 4 is 25.6 Å².